The Balaban J connectivity index is 1.37. The highest BCUT2D eigenvalue weighted by Gasteiger charge is 2.40. The van der Waals surface area contributed by atoms with Crippen LogP contribution in [0.5, 0.6) is 5.75 Å². The second-order valence-electron chi connectivity index (χ2n) is 8.59. The lowest BCUT2D eigenvalue weighted by Crippen LogP contribution is -2.44. The standard InChI is InChI=1S/C22H30BrF3N2O2/c1-30-19-6-7-20(23)17(13-19)12-16-9-11-28(14-16)10-8-15-2-4-18(5-3-15)27-21(29)22(24,25)26/h6-7,13,15-16,18H,2-5,8-12,14H2,1H3,(H,27,29)/t15-,16?,18-. The molecule has 1 aliphatic heterocycles. The van der Waals surface area contributed by atoms with Crippen LogP contribution >= 0.6 is 15.9 Å². The molecule has 1 aromatic carbocycles. The number of rotatable bonds is 7. The van der Waals surface area contributed by atoms with E-state index in [4.69, 9.17) is 4.74 Å². The van der Waals surface area contributed by atoms with Crippen LogP contribution in [0.15, 0.2) is 22.7 Å². The Morgan fingerprint density at radius 1 is 1.20 bits per heavy atom. The first-order chi connectivity index (χ1) is 14.2. The maximum Gasteiger partial charge on any atom is 0.471 e. The highest BCUT2D eigenvalue weighted by atomic mass is 79.9. The molecule has 1 aromatic rings. The maximum atomic E-state index is 12.4. The predicted octanol–water partition coefficient (Wildman–Crippen LogP) is 4.95. The number of benzene rings is 1. The number of amides is 1. The van der Waals surface area contributed by atoms with Gasteiger partial charge in [0.15, 0.2) is 0 Å². The lowest BCUT2D eigenvalue weighted by Gasteiger charge is -2.30. The Bertz CT molecular complexity index is 721. The molecule has 1 aliphatic carbocycles. The zero-order valence-corrected chi connectivity index (χ0v) is 18.9. The molecule has 1 saturated heterocycles. The minimum atomic E-state index is -4.79. The third-order valence-electron chi connectivity index (χ3n) is 6.42. The number of halogens is 4. The summed E-state index contributed by atoms with van der Waals surface area (Å²) in [6.45, 7) is 3.23. The summed E-state index contributed by atoms with van der Waals surface area (Å²) in [6, 6.07) is 5.75. The fourth-order valence-electron chi connectivity index (χ4n) is 4.66. The van der Waals surface area contributed by atoms with E-state index in [0.717, 1.165) is 55.5 Å². The van der Waals surface area contributed by atoms with Crippen LogP contribution in [0.25, 0.3) is 0 Å². The van der Waals surface area contributed by atoms with Gasteiger partial charge < -0.3 is 15.0 Å². The van der Waals surface area contributed by atoms with E-state index in [-0.39, 0.29) is 6.04 Å². The van der Waals surface area contributed by atoms with Crippen molar-refractivity contribution in [1.82, 2.24) is 10.2 Å². The Kier molecular flexibility index (Phi) is 8.07. The average Bonchev–Trinajstić information content (AvgIpc) is 3.16. The monoisotopic (exact) mass is 490 g/mol. The van der Waals surface area contributed by atoms with Crippen LogP contribution in [0.3, 0.4) is 0 Å². The first-order valence-corrected chi connectivity index (χ1v) is 11.5. The molecule has 1 N–H and O–H groups in total. The molecule has 0 spiro atoms. The highest BCUT2D eigenvalue weighted by Crippen LogP contribution is 2.31. The fraction of sp³-hybridized carbons (Fsp3) is 0.682. The van der Waals surface area contributed by atoms with E-state index >= 15 is 0 Å². The summed E-state index contributed by atoms with van der Waals surface area (Å²) in [5.74, 6) is 0.235. The van der Waals surface area contributed by atoms with Crippen molar-refractivity contribution in [2.45, 2.75) is 57.2 Å². The van der Waals surface area contributed by atoms with Gasteiger partial charge in [-0.05, 0) is 93.6 Å². The van der Waals surface area contributed by atoms with Crippen molar-refractivity contribution in [2.24, 2.45) is 11.8 Å². The molecule has 0 aromatic heterocycles. The Morgan fingerprint density at radius 2 is 1.93 bits per heavy atom. The molecule has 1 heterocycles. The molecular formula is C22H30BrF3N2O2. The number of nitrogens with zero attached hydrogens (tertiary/aromatic N) is 1. The number of carbonyl (C=O) groups is 1. The van der Waals surface area contributed by atoms with Crippen molar-refractivity contribution in [1.29, 1.82) is 0 Å². The van der Waals surface area contributed by atoms with Gasteiger partial charge >= 0.3 is 12.1 Å². The lowest BCUT2D eigenvalue weighted by molar-refractivity contribution is -0.174. The van der Waals surface area contributed by atoms with Crippen LogP contribution in [0.1, 0.15) is 44.1 Å². The zero-order chi connectivity index (χ0) is 21.7. The number of nitrogens with one attached hydrogen (secondary N) is 1. The van der Waals surface area contributed by atoms with Crippen molar-refractivity contribution in [3.05, 3.63) is 28.2 Å². The molecule has 1 unspecified atom stereocenters. The molecule has 4 nitrogen and oxygen atoms in total. The van der Waals surface area contributed by atoms with Crippen molar-refractivity contribution in [3.8, 4) is 5.75 Å². The van der Waals surface area contributed by atoms with Gasteiger partial charge in [-0.2, -0.15) is 13.2 Å². The van der Waals surface area contributed by atoms with E-state index in [9.17, 15) is 18.0 Å². The molecule has 1 atom stereocenters. The summed E-state index contributed by atoms with van der Waals surface area (Å²) >= 11 is 3.64. The van der Waals surface area contributed by atoms with Crippen LogP contribution < -0.4 is 10.1 Å². The summed E-state index contributed by atoms with van der Waals surface area (Å²) in [6.07, 6.45) is 1.54. The molecule has 0 radical (unpaired) electrons. The van der Waals surface area contributed by atoms with Crippen LogP contribution in [-0.4, -0.2) is 49.8 Å². The third-order valence-corrected chi connectivity index (χ3v) is 7.20. The highest BCUT2D eigenvalue weighted by molar-refractivity contribution is 9.10. The third kappa shape index (κ3) is 6.61. The molecule has 8 heteroatoms. The SMILES string of the molecule is COc1ccc(Br)c(CC2CCN(CC[C@H]3CC[C@H](NC(=O)C(F)(F)F)CC3)C2)c1. The smallest absolute Gasteiger partial charge is 0.471 e. The summed E-state index contributed by atoms with van der Waals surface area (Å²) in [7, 11) is 1.68. The van der Waals surface area contributed by atoms with Gasteiger partial charge in [0.2, 0.25) is 0 Å². The van der Waals surface area contributed by atoms with Gasteiger partial charge in [-0.3, -0.25) is 4.79 Å². The second-order valence-corrected chi connectivity index (χ2v) is 9.45. The van der Waals surface area contributed by atoms with Crippen molar-refractivity contribution >= 4 is 21.8 Å². The molecule has 2 aliphatic rings. The van der Waals surface area contributed by atoms with Gasteiger partial charge in [0.05, 0.1) is 7.11 Å². The van der Waals surface area contributed by atoms with Crippen LogP contribution in [0, 0.1) is 11.8 Å². The van der Waals surface area contributed by atoms with Gasteiger partial charge in [0.25, 0.3) is 0 Å². The van der Waals surface area contributed by atoms with Gasteiger partial charge in [0, 0.05) is 17.1 Å². The average molecular weight is 491 g/mol. The van der Waals surface area contributed by atoms with Crippen molar-refractivity contribution in [2.75, 3.05) is 26.7 Å². The quantitative estimate of drug-likeness (QED) is 0.587. The number of hydrogen-bond acceptors (Lipinski definition) is 3. The molecule has 168 valence electrons. The molecule has 3 rings (SSSR count). The lowest BCUT2D eigenvalue weighted by atomic mass is 9.84. The summed E-state index contributed by atoms with van der Waals surface area (Å²) in [4.78, 5) is 13.6. The van der Waals surface area contributed by atoms with Crippen LogP contribution in [-0.2, 0) is 11.2 Å². The number of methoxy groups -OCH3 is 1. The molecule has 1 saturated carbocycles. The van der Waals surface area contributed by atoms with Crippen LogP contribution in [0.2, 0.25) is 0 Å². The first kappa shape index (κ1) is 23.4. The van der Waals surface area contributed by atoms with Gasteiger partial charge in [-0.1, -0.05) is 15.9 Å². The van der Waals surface area contributed by atoms with E-state index < -0.39 is 12.1 Å². The number of carbonyl (C=O) groups excluding carboxylic acids is 1. The topological polar surface area (TPSA) is 41.6 Å². The summed E-state index contributed by atoms with van der Waals surface area (Å²) in [5.41, 5.74) is 1.28. The van der Waals surface area contributed by atoms with E-state index in [1.54, 1.807) is 7.11 Å². The van der Waals surface area contributed by atoms with Crippen LogP contribution in [0.4, 0.5) is 13.2 Å². The fourth-order valence-corrected chi connectivity index (χ4v) is 5.06. The molecule has 2 fully saturated rings. The number of ether oxygens (including phenoxy) is 1. The van der Waals surface area contributed by atoms with Gasteiger partial charge in [0.1, 0.15) is 5.75 Å². The largest absolute Gasteiger partial charge is 0.497 e. The molecule has 1 amide bonds. The Hall–Kier alpha value is -1.28. The summed E-state index contributed by atoms with van der Waals surface area (Å²) in [5, 5.41) is 2.13. The summed E-state index contributed by atoms with van der Waals surface area (Å²) < 4.78 is 43.6. The number of alkyl halides is 3. The van der Waals surface area contributed by atoms with Crippen molar-refractivity contribution in [3.63, 3.8) is 0 Å². The molecule has 30 heavy (non-hydrogen) atoms. The van der Waals surface area contributed by atoms with Crippen molar-refractivity contribution < 1.29 is 22.7 Å². The Labute approximate surface area is 184 Å². The second kappa shape index (κ2) is 10.4. The molecule has 0 bridgehead atoms. The minimum Gasteiger partial charge on any atom is -0.497 e. The normalized spacial score (nSPS) is 25.3. The van der Waals surface area contributed by atoms with E-state index in [2.05, 4.69) is 32.2 Å². The first-order valence-electron chi connectivity index (χ1n) is 10.7. The number of likely N-dealkylation sites (tertiary alicyclic amines) is 1. The molecular weight excluding hydrogens is 461 g/mol. The number of hydrogen-bond donors (Lipinski definition) is 1. The maximum absolute atomic E-state index is 12.4. The van der Waals surface area contributed by atoms with Gasteiger partial charge in [-0.15, -0.1) is 0 Å². The van der Waals surface area contributed by atoms with E-state index in [1.165, 1.54) is 12.0 Å². The van der Waals surface area contributed by atoms with E-state index in [1.807, 2.05) is 12.1 Å². The predicted molar refractivity (Wildman–Crippen MR) is 114 cm³/mol. The van der Waals surface area contributed by atoms with Gasteiger partial charge in [-0.25, -0.2) is 0 Å². The zero-order valence-electron chi connectivity index (χ0n) is 17.3. The van der Waals surface area contributed by atoms with E-state index in [0.29, 0.717) is 24.7 Å². The Morgan fingerprint density at radius 3 is 2.60 bits per heavy atom. The minimum absolute atomic E-state index is 0.340.